The number of hydrogen-bond donors (Lipinski definition) is 5. The molecule has 1 aromatic rings. The molecule has 1 aliphatic rings. The molecule has 19 heavy (non-hydrogen) atoms. The van der Waals surface area contributed by atoms with Crippen LogP contribution in [0.3, 0.4) is 0 Å². The molecule has 2 unspecified atom stereocenters. The van der Waals surface area contributed by atoms with Crippen LogP contribution in [0.4, 0.5) is 16.2 Å². The van der Waals surface area contributed by atoms with Crippen molar-refractivity contribution in [2.45, 2.75) is 18.6 Å². The molecule has 1 heterocycles. The van der Waals surface area contributed by atoms with E-state index in [9.17, 15) is 14.7 Å². The Hall–Kier alpha value is -2.12. The highest BCUT2D eigenvalue weighted by Crippen LogP contribution is 2.15. The van der Waals surface area contributed by atoms with Gasteiger partial charge in [-0.15, -0.1) is 0 Å². The second-order valence-electron chi connectivity index (χ2n) is 4.41. The second kappa shape index (κ2) is 5.68. The van der Waals surface area contributed by atoms with Crippen LogP contribution in [0.25, 0.3) is 0 Å². The lowest BCUT2D eigenvalue weighted by Gasteiger charge is -2.11. The third-order valence-corrected chi connectivity index (χ3v) is 2.84. The van der Waals surface area contributed by atoms with Gasteiger partial charge in [-0.05, 0) is 30.7 Å². The molecule has 2 atom stereocenters. The SMILES string of the molecule is NC(=O)Nc1ccc(NC(=O)C2CC(O)CN2)cc1. The number of nitrogens with one attached hydrogen (secondary N) is 3. The lowest BCUT2D eigenvalue weighted by atomic mass is 10.2. The molecule has 0 spiro atoms. The third kappa shape index (κ3) is 3.67. The maximum atomic E-state index is 11.8. The van der Waals surface area contributed by atoms with Crippen LogP contribution < -0.4 is 21.7 Å². The average molecular weight is 264 g/mol. The van der Waals surface area contributed by atoms with Gasteiger partial charge in [0.05, 0.1) is 12.1 Å². The maximum Gasteiger partial charge on any atom is 0.316 e. The molecule has 2 rings (SSSR count). The molecular weight excluding hydrogens is 248 g/mol. The number of benzene rings is 1. The number of β-amino-alcohol motifs (C(OH)–C–C–N with tert-alkyl or cyclic N) is 1. The van der Waals surface area contributed by atoms with Gasteiger partial charge in [0.15, 0.2) is 0 Å². The largest absolute Gasteiger partial charge is 0.392 e. The van der Waals surface area contributed by atoms with Gasteiger partial charge in [0.25, 0.3) is 0 Å². The minimum absolute atomic E-state index is 0.188. The topological polar surface area (TPSA) is 116 Å². The fourth-order valence-corrected chi connectivity index (χ4v) is 1.93. The number of aliphatic hydroxyl groups excluding tert-OH is 1. The Morgan fingerprint density at radius 1 is 1.21 bits per heavy atom. The van der Waals surface area contributed by atoms with Crippen LogP contribution in [0.15, 0.2) is 24.3 Å². The fraction of sp³-hybridized carbons (Fsp3) is 0.333. The summed E-state index contributed by atoms with van der Waals surface area (Å²) in [7, 11) is 0. The molecule has 1 aromatic carbocycles. The Balaban J connectivity index is 1.92. The van der Waals surface area contributed by atoms with E-state index in [1.54, 1.807) is 24.3 Å². The summed E-state index contributed by atoms with van der Waals surface area (Å²) in [5.41, 5.74) is 6.16. The van der Waals surface area contributed by atoms with E-state index < -0.39 is 12.1 Å². The molecule has 1 fully saturated rings. The van der Waals surface area contributed by atoms with Crippen LogP contribution in [0.5, 0.6) is 0 Å². The lowest BCUT2D eigenvalue weighted by molar-refractivity contribution is -0.117. The predicted octanol–water partition coefficient (Wildman–Crippen LogP) is -0.162. The third-order valence-electron chi connectivity index (χ3n) is 2.84. The summed E-state index contributed by atoms with van der Waals surface area (Å²) in [5, 5.41) is 17.4. The zero-order valence-electron chi connectivity index (χ0n) is 10.2. The van der Waals surface area contributed by atoms with E-state index in [4.69, 9.17) is 5.73 Å². The van der Waals surface area contributed by atoms with Crippen LogP contribution >= 0.6 is 0 Å². The Labute approximate surface area is 110 Å². The summed E-state index contributed by atoms with van der Waals surface area (Å²) in [5.74, 6) is -0.188. The van der Waals surface area contributed by atoms with E-state index in [0.717, 1.165) is 0 Å². The van der Waals surface area contributed by atoms with Crippen molar-refractivity contribution in [1.29, 1.82) is 0 Å². The summed E-state index contributed by atoms with van der Waals surface area (Å²) in [6.07, 6.45) is -0.0643. The van der Waals surface area contributed by atoms with Crippen molar-refractivity contribution in [3.05, 3.63) is 24.3 Å². The highest BCUT2D eigenvalue weighted by molar-refractivity contribution is 5.95. The number of rotatable bonds is 3. The van der Waals surface area contributed by atoms with Crippen molar-refractivity contribution < 1.29 is 14.7 Å². The first-order valence-corrected chi connectivity index (χ1v) is 5.93. The molecule has 6 N–H and O–H groups in total. The maximum absolute atomic E-state index is 11.8. The first-order chi connectivity index (χ1) is 9.04. The number of amides is 3. The highest BCUT2D eigenvalue weighted by Gasteiger charge is 2.27. The molecule has 1 aliphatic heterocycles. The van der Waals surface area contributed by atoms with Crippen LogP contribution in [0.2, 0.25) is 0 Å². The van der Waals surface area contributed by atoms with Gasteiger partial charge in [0.2, 0.25) is 5.91 Å². The molecule has 0 saturated carbocycles. The number of nitrogens with two attached hydrogens (primary N) is 1. The van der Waals surface area contributed by atoms with Crippen LogP contribution in [-0.4, -0.2) is 35.7 Å². The van der Waals surface area contributed by atoms with Crippen LogP contribution in [0, 0.1) is 0 Å². The molecule has 1 saturated heterocycles. The molecule has 102 valence electrons. The first-order valence-electron chi connectivity index (χ1n) is 5.93. The molecule has 0 aromatic heterocycles. The molecule has 0 radical (unpaired) electrons. The van der Waals surface area contributed by atoms with E-state index >= 15 is 0 Å². The predicted molar refractivity (Wildman–Crippen MR) is 70.7 cm³/mol. The van der Waals surface area contributed by atoms with Crippen molar-refractivity contribution in [2.24, 2.45) is 5.73 Å². The molecular formula is C12H16N4O3. The highest BCUT2D eigenvalue weighted by atomic mass is 16.3. The Bertz CT molecular complexity index is 474. The van der Waals surface area contributed by atoms with E-state index in [0.29, 0.717) is 24.3 Å². The van der Waals surface area contributed by atoms with E-state index in [1.165, 1.54) is 0 Å². The summed E-state index contributed by atoms with van der Waals surface area (Å²) in [6, 6.07) is 5.58. The zero-order chi connectivity index (χ0) is 13.8. The van der Waals surface area contributed by atoms with Crippen molar-refractivity contribution in [2.75, 3.05) is 17.2 Å². The molecule has 0 bridgehead atoms. The number of anilines is 2. The van der Waals surface area contributed by atoms with Crippen molar-refractivity contribution >= 4 is 23.3 Å². The average Bonchev–Trinajstić information content (AvgIpc) is 2.78. The molecule has 3 amide bonds. The van der Waals surface area contributed by atoms with Gasteiger partial charge in [-0.2, -0.15) is 0 Å². The zero-order valence-corrected chi connectivity index (χ0v) is 10.2. The van der Waals surface area contributed by atoms with Crippen molar-refractivity contribution in [1.82, 2.24) is 5.32 Å². The van der Waals surface area contributed by atoms with Crippen LogP contribution in [-0.2, 0) is 4.79 Å². The number of carbonyl (C=O) groups excluding carboxylic acids is 2. The quantitative estimate of drug-likeness (QED) is 0.521. The van der Waals surface area contributed by atoms with Gasteiger partial charge in [-0.25, -0.2) is 4.79 Å². The van der Waals surface area contributed by atoms with Crippen molar-refractivity contribution in [3.63, 3.8) is 0 Å². The standard InChI is InChI=1S/C12H16N4O3/c13-12(19)16-8-3-1-7(2-4-8)15-11(18)10-5-9(17)6-14-10/h1-4,9-10,14,17H,5-6H2,(H,15,18)(H3,13,16,19). The van der Waals surface area contributed by atoms with Gasteiger partial charge < -0.3 is 26.8 Å². The number of carbonyl (C=O) groups is 2. The van der Waals surface area contributed by atoms with Crippen molar-refractivity contribution in [3.8, 4) is 0 Å². The minimum Gasteiger partial charge on any atom is -0.392 e. The summed E-state index contributed by atoms with van der Waals surface area (Å²) < 4.78 is 0. The van der Waals surface area contributed by atoms with Gasteiger partial charge in [0, 0.05) is 17.9 Å². The van der Waals surface area contributed by atoms with Crippen LogP contribution in [0.1, 0.15) is 6.42 Å². The van der Waals surface area contributed by atoms with Gasteiger partial charge in [-0.1, -0.05) is 0 Å². The molecule has 7 nitrogen and oxygen atoms in total. The fourth-order valence-electron chi connectivity index (χ4n) is 1.93. The Kier molecular flexibility index (Phi) is 3.98. The van der Waals surface area contributed by atoms with E-state index in [2.05, 4.69) is 16.0 Å². The number of hydrogen-bond acceptors (Lipinski definition) is 4. The number of urea groups is 1. The number of primary amides is 1. The smallest absolute Gasteiger partial charge is 0.316 e. The van der Waals surface area contributed by atoms with Gasteiger partial charge in [0.1, 0.15) is 0 Å². The Morgan fingerprint density at radius 3 is 2.26 bits per heavy atom. The summed E-state index contributed by atoms with van der Waals surface area (Å²) in [6.45, 7) is 0.430. The second-order valence-corrected chi connectivity index (χ2v) is 4.41. The number of aliphatic hydroxyl groups is 1. The molecule has 0 aliphatic carbocycles. The first kappa shape index (κ1) is 13.3. The summed E-state index contributed by atoms with van der Waals surface area (Å²) in [4.78, 5) is 22.5. The molecule has 7 heteroatoms. The van der Waals surface area contributed by atoms with Gasteiger partial charge >= 0.3 is 6.03 Å². The monoisotopic (exact) mass is 264 g/mol. The Morgan fingerprint density at radius 2 is 1.79 bits per heavy atom. The van der Waals surface area contributed by atoms with E-state index in [1.807, 2.05) is 0 Å². The lowest BCUT2D eigenvalue weighted by Crippen LogP contribution is -2.35. The normalized spacial score (nSPS) is 21.9. The van der Waals surface area contributed by atoms with E-state index in [-0.39, 0.29) is 11.9 Å². The van der Waals surface area contributed by atoms with Gasteiger partial charge in [-0.3, -0.25) is 4.79 Å². The summed E-state index contributed by atoms with van der Waals surface area (Å²) >= 11 is 0. The minimum atomic E-state index is -0.638.